The number of carbonyl (C=O) groups excluding carboxylic acids is 2. The van der Waals surface area contributed by atoms with E-state index in [1.807, 2.05) is 60.7 Å². The molecule has 0 aliphatic heterocycles. The van der Waals surface area contributed by atoms with Crippen LogP contribution >= 0.6 is 0 Å². The number of aromatic nitrogens is 2. The maximum Gasteiger partial charge on any atom is 0.328 e. The lowest BCUT2D eigenvalue weighted by Crippen LogP contribution is -2.43. The van der Waals surface area contributed by atoms with Crippen LogP contribution in [0, 0.1) is 0 Å². The molecule has 0 saturated heterocycles. The third-order valence-electron chi connectivity index (χ3n) is 3.94. The van der Waals surface area contributed by atoms with Gasteiger partial charge in [-0.3, -0.25) is 4.79 Å². The topological polar surface area (TPSA) is 84.1 Å². The molecule has 0 aliphatic carbocycles. The first-order chi connectivity index (χ1) is 12.7. The molecule has 3 rings (SSSR count). The lowest BCUT2D eigenvalue weighted by molar-refractivity contribution is -0.142. The molecule has 26 heavy (non-hydrogen) atoms. The minimum atomic E-state index is -0.779. The molecule has 1 heterocycles. The van der Waals surface area contributed by atoms with Crippen LogP contribution in [0.3, 0.4) is 0 Å². The Balaban J connectivity index is 1.73. The summed E-state index contributed by atoms with van der Waals surface area (Å²) < 4.78 is 4.82. The van der Waals surface area contributed by atoms with Crippen LogP contribution in [-0.2, 0) is 16.0 Å². The number of imidazole rings is 1. The molecular weight excluding hydrogens is 330 g/mol. The van der Waals surface area contributed by atoms with Crippen molar-refractivity contribution in [2.24, 2.45) is 0 Å². The highest BCUT2D eigenvalue weighted by Crippen LogP contribution is 2.15. The molecule has 0 unspecified atom stereocenters. The van der Waals surface area contributed by atoms with E-state index >= 15 is 0 Å². The SMILES string of the molecule is COC(=O)[C@H](Cc1ccccc1)NC(=O)c1cnc(-c2ccccc2)[nH]1. The van der Waals surface area contributed by atoms with E-state index in [4.69, 9.17) is 4.74 Å². The summed E-state index contributed by atoms with van der Waals surface area (Å²) in [7, 11) is 1.30. The highest BCUT2D eigenvalue weighted by Gasteiger charge is 2.23. The molecule has 0 radical (unpaired) electrons. The van der Waals surface area contributed by atoms with Gasteiger partial charge in [0.05, 0.1) is 13.3 Å². The number of esters is 1. The summed E-state index contributed by atoms with van der Waals surface area (Å²) in [6.45, 7) is 0. The van der Waals surface area contributed by atoms with Crippen LogP contribution in [0.4, 0.5) is 0 Å². The zero-order valence-electron chi connectivity index (χ0n) is 14.3. The Morgan fingerprint density at radius 3 is 2.38 bits per heavy atom. The molecule has 6 heteroatoms. The van der Waals surface area contributed by atoms with Crippen LogP contribution in [0.25, 0.3) is 11.4 Å². The number of ether oxygens (including phenoxy) is 1. The van der Waals surface area contributed by atoms with Gasteiger partial charge in [0.15, 0.2) is 0 Å². The highest BCUT2D eigenvalue weighted by molar-refractivity contribution is 5.95. The number of carbonyl (C=O) groups is 2. The molecule has 1 aromatic heterocycles. The number of hydrogen-bond acceptors (Lipinski definition) is 4. The van der Waals surface area contributed by atoms with Crippen molar-refractivity contribution in [2.45, 2.75) is 12.5 Å². The number of rotatable bonds is 6. The fourth-order valence-corrected chi connectivity index (χ4v) is 2.60. The molecule has 1 atom stereocenters. The number of hydrogen-bond donors (Lipinski definition) is 2. The first-order valence-corrected chi connectivity index (χ1v) is 8.20. The number of nitrogens with one attached hydrogen (secondary N) is 2. The second-order valence-corrected chi connectivity index (χ2v) is 5.75. The van der Waals surface area contributed by atoms with Gasteiger partial charge < -0.3 is 15.0 Å². The molecule has 0 saturated carbocycles. The molecule has 0 aliphatic rings. The first-order valence-electron chi connectivity index (χ1n) is 8.20. The zero-order chi connectivity index (χ0) is 18.4. The number of methoxy groups -OCH3 is 1. The maximum atomic E-state index is 12.5. The Kier molecular flexibility index (Phi) is 5.43. The van der Waals surface area contributed by atoms with E-state index in [0.717, 1.165) is 11.1 Å². The zero-order valence-corrected chi connectivity index (χ0v) is 14.3. The van der Waals surface area contributed by atoms with E-state index in [-0.39, 0.29) is 5.69 Å². The van der Waals surface area contributed by atoms with Crippen LogP contribution < -0.4 is 5.32 Å². The van der Waals surface area contributed by atoms with Gasteiger partial charge in [-0.2, -0.15) is 0 Å². The van der Waals surface area contributed by atoms with E-state index < -0.39 is 17.9 Å². The van der Waals surface area contributed by atoms with E-state index in [1.54, 1.807) is 0 Å². The summed E-state index contributed by atoms with van der Waals surface area (Å²) in [5.41, 5.74) is 2.09. The lowest BCUT2D eigenvalue weighted by atomic mass is 10.1. The number of H-pyrrole nitrogens is 1. The van der Waals surface area contributed by atoms with Gasteiger partial charge in [-0.1, -0.05) is 60.7 Å². The molecule has 2 aromatic carbocycles. The summed E-state index contributed by atoms with van der Waals surface area (Å²) >= 11 is 0. The Morgan fingerprint density at radius 2 is 1.73 bits per heavy atom. The monoisotopic (exact) mass is 349 g/mol. The molecule has 6 nitrogen and oxygen atoms in total. The Hall–Kier alpha value is -3.41. The standard InChI is InChI=1S/C20H19N3O3/c1-26-20(25)16(12-14-8-4-2-5-9-14)23-19(24)17-13-21-18(22-17)15-10-6-3-7-11-15/h2-11,13,16H,12H2,1H3,(H,21,22)(H,23,24)/t16-/m0/s1. The molecule has 0 spiro atoms. The molecule has 0 bridgehead atoms. The van der Waals surface area contributed by atoms with Crippen LogP contribution in [0.1, 0.15) is 16.1 Å². The Labute approximate surface area is 151 Å². The van der Waals surface area contributed by atoms with Gasteiger partial charge in [0.2, 0.25) is 0 Å². The van der Waals surface area contributed by atoms with E-state index in [2.05, 4.69) is 15.3 Å². The number of amides is 1. The van der Waals surface area contributed by atoms with Gasteiger partial charge in [-0.05, 0) is 5.56 Å². The summed E-state index contributed by atoms with van der Waals surface area (Å²) in [5, 5.41) is 2.71. The minimum absolute atomic E-state index is 0.283. The van der Waals surface area contributed by atoms with Crippen LogP contribution in [0.2, 0.25) is 0 Å². The second kappa shape index (κ2) is 8.11. The fraction of sp³-hybridized carbons (Fsp3) is 0.150. The largest absolute Gasteiger partial charge is 0.467 e. The average molecular weight is 349 g/mol. The number of aromatic amines is 1. The van der Waals surface area contributed by atoms with E-state index in [1.165, 1.54) is 13.3 Å². The fourth-order valence-electron chi connectivity index (χ4n) is 2.60. The number of nitrogens with zero attached hydrogens (tertiary/aromatic N) is 1. The first kappa shape index (κ1) is 17.4. The van der Waals surface area contributed by atoms with Crippen LogP contribution in [0.5, 0.6) is 0 Å². The molecule has 1 amide bonds. The number of benzene rings is 2. The van der Waals surface area contributed by atoms with E-state index in [9.17, 15) is 9.59 Å². The molecular formula is C20H19N3O3. The van der Waals surface area contributed by atoms with Crippen molar-refractivity contribution in [1.29, 1.82) is 0 Å². The van der Waals surface area contributed by atoms with Crippen molar-refractivity contribution in [2.75, 3.05) is 7.11 Å². The summed E-state index contributed by atoms with van der Waals surface area (Å²) in [6, 6.07) is 18.2. The van der Waals surface area contributed by atoms with Crippen molar-refractivity contribution in [3.8, 4) is 11.4 Å². The molecule has 132 valence electrons. The van der Waals surface area contributed by atoms with Crippen LogP contribution in [-0.4, -0.2) is 35.0 Å². The van der Waals surface area contributed by atoms with Gasteiger partial charge in [-0.25, -0.2) is 9.78 Å². The predicted molar refractivity (Wildman–Crippen MR) is 97.4 cm³/mol. The summed E-state index contributed by atoms with van der Waals surface area (Å²) in [4.78, 5) is 31.8. The van der Waals surface area contributed by atoms with E-state index in [0.29, 0.717) is 12.2 Å². The predicted octanol–water partition coefficient (Wildman–Crippen LogP) is 2.59. The van der Waals surface area contributed by atoms with Crippen molar-refractivity contribution in [3.63, 3.8) is 0 Å². The smallest absolute Gasteiger partial charge is 0.328 e. The molecule has 3 aromatic rings. The normalized spacial score (nSPS) is 11.6. The average Bonchev–Trinajstić information content (AvgIpc) is 3.19. The minimum Gasteiger partial charge on any atom is -0.467 e. The van der Waals surface area contributed by atoms with Gasteiger partial charge >= 0.3 is 5.97 Å². The van der Waals surface area contributed by atoms with Crippen molar-refractivity contribution in [3.05, 3.63) is 78.1 Å². The molecule has 2 N–H and O–H groups in total. The van der Waals surface area contributed by atoms with Gasteiger partial charge in [0, 0.05) is 12.0 Å². The third-order valence-corrected chi connectivity index (χ3v) is 3.94. The summed E-state index contributed by atoms with van der Waals surface area (Å²) in [6.07, 6.45) is 1.80. The van der Waals surface area contributed by atoms with Gasteiger partial charge in [-0.15, -0.1) is 0 Å². The second-order valence-electron chi connectivity index (χ2n) is 5.75. The highest BCUT2D eigenvalue weighted by atomic mass is 16.5. The quantitative estimate of drug-likeness (QED) is 0.670. The van der Waals surface area contributed by atoms with Crippen molar-refractivity contribution < 1.29 is 14.3 Å². The van der Waals surface area contributed by atoms with Gasteiger partial charge in [0.25, 0.3) is 5.91 Å². The summed E-state index contributed by atoms with van der Waals surface area (Å²) in [5.74, 6) is -0.315. The maximum absolute atomic E-state index is 12.5. The van der Waals surface area contributed by atoms with Crippen molar-refractivity contribution in [1.82, 2.24) is 15.3 Å². The molecule has 0 fully saturated rings. The Bertz CT molecular complexity index is 876. The Morgan fingerprint density at radius 1 is 1.08 bits per heavy atom. The van der Waals surface area contributed by atoms with Crippen LogP contribution in [0.15, 0.2) is 66.9 Å². The third kappa shape index (κ3) is 4.16. The lowest BCUT2D eigenvalue weighted by Gasteiger charge is -2.16. The van der Waals surface area contributed by atoms with Gasteiger partial charge in [0.1, 0.15) is 17.6 Å². The van der Waals surface area contributed by atoms with Crippen molar-refractivity contribution >= 4 is 11.9 Å².